The highest BCUT2D eigenvalue weighted by molar-refractivity contribution is 7.20. The second-order valence-electron chi connectivity index (χ2n) is 3.66. The Morgan fingerprint density at radius 2 is 2.33 bits per heavy atom. The number of pyridine rings is 1. The highest BCUT2D eigenvalue weighted by Gasteiger charge is 2.12. The van der Waals surface area contributed by atoms with Crippen molar-refractivity contribution < 1.29 is 0 Å². The summed E-state index contributed by atoms with van der Waals surface area (Å²) in [6.45, 7) is 2.13. The fourth-order valence-corrected chi connectivity index (χ4v) is 2.68. The van der Waals surface area contributed by atoms with Crippen molar-refractivity contribution >= 4 is 39.5 Å². The monoisotopic (exact) mass is 214 g/mol. The normalized spacial score (nSPS) is 19.1. The van der Waals surface area contributed by atoms with E-state index < -0.39 is 0 Å². The Morgan fingerprint density at radius 3 is 3.27 bits per heavy atom. The summed E-state index contributed by atoms with van der Waals surface area (Å²) in [4.78, 5) is 10.1. The third kappa shape index (κ3) is 1.39. The Hall–Kier alpha value is -1.48. The van der Waals surface area contributed by atoms with Gasteiger partial charge in [-0.3, -0.25) is 9.98 Å². The van der Waals surface area contributed by atoms with Crippen molar-refractivity contribution in [3.8, 4) is 0 Å². The minimum Gasteiger partial charge on any atom is -0.257 e. The Labute approximate surface area is 92.0 Å². The molecule has 74 valence electrons. The molecule has 0 aliphatic carbocycles. The van der Waals surface area contributed by atoms with E-state index in [0.29, 0.717) is 5.92 Å². The molecule has 1 atom stereocenters. The smallest absolute Gasteiger partial charge is 0.107 e. The first-order chi connectivity index (χ1) is 7.34. The number of aromatic nitrogens is 1. The number of hydrogen-bond acceptors (Lipinski definition) is 3. The van der Waals surface area contributed by atoms with Crippen LogP contribution in [0, 0.1) is 5.92 Å². The van der Waals surface area contributed by atoms with Gasteiger partial charge in [0.2, 0.25) is 0 Å². The first kappa shape index (κ1) is 8.80. The number of nitrogens with zero attached hydrogens (tertiary/aromatic N) is 2. The maximum atomic E-state index is 4.52. The molecule has 0 unspecified atom stereocenters. The molecule has 3 rings (SSSR count). The van der Waals surface area contributed by atoms with Crippen LogP contribution in [0.2, 0.25) is 0 Å². The SMILES string of the molecule is C[C@H]1C=Cc2sc3cccnc3c2N=C1. The molecule has 2 aromatic rings. The van der Waals surface area contributed by atoms with Gasteiger partial charge in [0.15, 0.2) is 0 Å². The summed E-state index contributed by atoms with van der Waals surface area (Å²) in [5.41, 5.74) is 2.05. The van der Waals surface area contributed by atoms with Crippen LogP contribution in [0.5, 0.6) is 0 Å². The van der Waals surface area contributed by atoms with E-state index in [1.54, 1.807) is 11.3 Å². The molecule has 0 bridgehead atoms. The van der Waals surface area contributed by atoms with Crippen LogP contribution in [0.25, 0.3) is 16.3 Å². The number of rotatable bonds is 0. The second-order valence-corrected chi connectivity index (χ2v) is 4.75. The van der Waals surface area contributed by atoms with Gasteiger partial charge < -0.3 is 0 Å². The van der Waals surface area contributed by atoms with Crippen LogP contribution in [0.1, 0.15) is 11.8 Å². The summed E-state index contributed by atoms with van der Waals surface area (Å²) >= 11 is 1.75. The molecule has 3 heteroatoms. The predicted molar refractivity (Wildman–Crippen MR) is 66.0 cm³/mol. The fraction of sp³-hybridized carbons (Fsp3) is 0.167. The van der Waals surface area contributed by atoms with E-state index in [9.17, 15) is 0 Å². The highest BCUT2D eigenvalue weighted by Crippen LogP contribution is 2.38. The summed E-state index contributed by atoms with van der Waals surface area (Å²) < 4.78 is 1.21. The van der Waals surface area contributed by atoms with Gasteiger partial charge in [0, 0.05) is 18.3 Å². The first-order valence-corrected chi connectivity index (χ1v) is 5.76. The van der Waals surface area contributed by atoms with Gasteiger partial charge in [-0.1, -0.05) is 13.0 Å². The maximum Gasteiger partial charge on any atom is 0.107 e. The molecule has 1 aliphatic rings. The zero-order chi connectivity index (χ0) is 10.3. The average molecular weight is 214 g/mol. The Bertz CT molecular complexity index is 566. The van der Waals surface area contributed by atoms with E-state index in [4.69, 9.17) is 0 Å². The van der Waals surface area contributed by atoms with Gasteiger partial charge in [-0.15, -0.1) is 11.3 Å². The van der Waals surface area contributed by atoms with E-state index in [0.717, 1.165) is 11.2 Å². The molecule has 0 N–H and O–H groups in total. The number of allylic oxidation sites excluding steroid dienone is 1. The van der Waals surface area contributed by atoms with E-state index in [-0.39, 0.29) is 0 Å². The molecule has 0 amide bonds. The molecule has 2 aromatic heterocycles. The maximum absolute atomic E-state index is 4.52. The lowest BCUT2D eigenvalue weighted by molar-refractivity contribution is 1.04. The van der Waals surface area contributed by atoms with Gasteiger partial charge >= 0.3 is 0 Å². The first-order valence-electron chi connectivity index (χ1n) is 4.94. The molecule has 2 nitrogen and oxygen atoms in total. The molecule has 0 fully saturated rings. The minimum absolute atomic E-state index is 0.406. The Balaban J connectivity index is 2.33. The summed E-state index contributed by atoms with van der Waals surface area (Å²) in [7, 11) is 0. The Kier molecular flexibility index (Phi) is 1.92. The summed E-state index contributed by atoms with van der Waals surface area (Å²) in [6, 6.07) is 4.06. The molecule has 0 spiro atoms. The van der Waals surface area contributed by atoms with Crippen LogP contribution in [-0.4, -0.2) is 11.2 Å². The molecule has 0 radical (unpaired) electrons. The van der Waals surface area contributed by atoms with Gasteiger partial charge in [0.1, 0.15) is 11.2 Å². The lowest BCUT2D eigenvalue weighted by Crippen LogP contribution is -1.86. The van der Waals surface area contributed by atoms with E-state index in [1.165, 1.54) is 9.58 Å². The van der Waals surface area contributed by atoms with Gasteiger partial charge in [0.25, 0.3) is 0 Å². The van der Waals surface area contributed by atoms with Crippen molar-refractivity contribution in [1.82, 2.24) is 4.98 Å². The van der Waals surface area contributed by atoms with Gasteiger partial charge in [-0.2, -0.15) is 0 Å². The summed E-state index contributed by atoms with van der Waals surface area (Å²) in [5, 5.41) is 0. The molecule has 0 aromatic carbocycles. The largest absolute Gasteiger partial charge is 0.257 e. The van der Waals surface area contributed by atoms with Crippen molar-refractivity contribution in [3.63, 3.8) is 0 Å². The van der Waals surface area contributed by atoms with E-state index in [1.807, 2.05) is 18.5 Å². The number of aliphatic imine (C=N–C) groups is 1. The lowest BCUT2D eigenvalue weighted by Gasteiger charge is -1.92. The zero-order valence-electron chi connectivity index (χ0n) is 8.34. The number of thiophene rings is 1. The standard InChI is InChI=1S/C12H10N2S/c1-8-4-5-10-12(14-7-8)11-9(15-10)3-2-6-13-11/h2-8H,1H3/t8-/m0/s1. The molecular weight excluding hydrogens is 204 g/mol. The molecule has 0 saturated carbocycles. The molecule has 15 heavy (non-hydrogen) atoms. The van der Waals surface area contributed by atoms with Crippen LogP contribution < -0.4 is 0 Å². The third-order valence-electron chi connectivity index (χ3n) is 2.44. The quantitative estimate of drug-likeness (QED) is 0.657. The number of fused-ring (bicyclic) bond motifs is 3. The highest BCUT2D eigenvalue weighted by atomic mass is 32.1. The van der Waals surface area contributed by atoms with Gasteiger partial charge in [-0.05, 0) is 18.2 Å². The van der Waals surface area contributed by atoms with Crippen LogP contribution in [0.4, 0.5) is 5.69 Å². The van der Waals surface area contributed by atoms with Crippen LogP contribution in [0.3, 0.4) is 0 Å². The average Bonchev–Trinajstić information content (AvgIpc) is 2.51. The van der Waals surface area contributed by atoms with Gasteiger partial charge in [-0.25, -0.2) is 0 Å². The summed E-state index contributed by atoms with van der Waals surface area (Å²) in [5.74, 6) is 0.406. The van der Waals surface area contributed by atoms with Crippen LogP contribution >= 0.6 is 11.3 Å². The van der Waals surface area contributed by atoms with Crippen molar-refractivity contribution in [3.05, 3.63) is 29.3 Å². The minimum atomic E-state index is 0.406. The number of hydrogen-bond donors (Lipinski definition) is 0. The van der Waals surface area contributed by atoms with Crippen molar-refractivity contribution in [2.75, 3.05) is 0 Å². The van der Waals surface area contributed by atoms with E-state index >= 15 is 0 Å². The fourth-order valence-electron chi connectivity index (χ4n) is 1.65. The molecular formula is C12H10N2S. The second kappa shape index (κ2) is 3.28. The van der Waals surface area contributed by atoms with Gasteiger partial charge in [0.05, 0.1) is 9.58 Å². The summed E-state index contributed by atoms with van der Waals surface area (Å²) in [6.07, 6.45) is 8.12. The van der Waals surface area contributed by atoms with Crippen LogP contribution in [-0.2, 0) is 0 Å². The zero-order valence-corrected chi connectivity index (χ0v) is 9.16. The van der Waals surface area contributed by atoms with Crippen molar-refractivity contribution in [1.29, 1.82) is 0 Å². The molecule has 1 aliphatic heterocycles. The topological polar surface area (TPSA) is 25.2 Å². The lowest BCUT2D eigenvalue weighted by atomic mass is 10.2. The third-order valence-corrected chi connectivity index (χ3v) is 3.54. The van der Waals surface area contributed by atoms with Crippen molar-refractivity contribution in [2.45, 2.75) is 6.92 Å². The molecule has 0 saturated heterocycles. The molecule has 3 heterocycles. The van der Waals surface area contributed by atoms with E-state index in [2.05, 4.69) is 35.1 Å². The van der Waals surface area contributed by atoms with Crippen LogP contribution in [0.15, 0.2) is 29.4 Å². The van der Waals surface area contributed by atoms with Crippen molar-refractivity contribution in [2.24, 2.45) is 10.9 Å². The predicted octanol–water partition coefficient (Wildman–Crippen LogP) is 3.66. The Morgan fingerprint density at radius 1 is 1.40 bits per heavy atom.